The highest BCUT2D eigenvalue weighted by molar-refractivity contribution is 7.99. The molecule has 0 unspecified atom stereocenters. The molecule has 0 aliphatic rings. The molecule has 8 nitrogen and oxygen atoms in total. The SMILES string of the molecule is Cc1ccc(C(=O)NCCNC(=O)CSc2nnnn2C)cc1. The number of carbonyl (C=O) groups excluding carboxylic acids is 2. The third kappa shape index (κ3) is 5.37. The van der Waals surface area contributed by atoms with E-state index in [0.717, 1.165) is 5.56 Å². The molecule has 1 aromatic carbocycles. The molecule has 0 aliphatic heterocycles. The number of nitrogens with zero attached hydrogens (tertiary/aromatic N) is 4. The number of aryl methyl sites for hydroxylation is 2. The number of carbonyl (C=O) groups is 2. The minimum Gasteiger partial charge on any atom is -0.354 e. The van der Waals surface area contributed by atoms with Gasteiger partial charge in [0.15, 0.2) is 0 Å². The quantitative estimate of drug-likeness (QED) is 0.552. The van der Waals surface area contributed by atoms with Crippen LogP contribution >= 0.6 is 11.8 Å². The van der Waals surface area contributed by atoms with Crippen LogP contribution in [0.25, 0.3) is 0 Å². The van der Waals surface area contributed by atoms with Crippen molar-refractivity contribution in [2.45, 2.75) is 12.1 Å². The van der Waals surface area contributed by atoms with E-state index in [4.69, 9.17) is 0 Å². The van der Waals surface area contributed by atoms with Gasteiger partial charge in [-0.3, -0.25) is 9.59 Å². The zero-order valence-corrected chi connectivity index (χ0v) is 13.8. The lowest BCUT2D eigenvalue weighted by Gasteiger charge is -2.07. The summed E-state index contributed by atoms with van der Waals surface area (Å²) in [7, 11) is 1.71. The monoisotopic (exact) mass is 334 g/mol. The van der Waals surface area contributed by atoms with Gasteiger partial charge < -0.3 is 10.6 Å². The zero-order chi connectivity index (χ0) is 16.7. The van der Waals surface area contributed by atoms with Crippen molar-refractivity contribution in [2.24, 2.45) is 7.05 Å². The van der Waals surface area contributed by atoms with Crippen molar-refractivity contribution in [3.05, 3.63) is 35.4 Å². The molecule has 1 aromatic heterocycles. The van der Waals surface area contributed by atoms with Crippen molar-refractivity contribution in [3.63, 3.8) is 0 Å². The van der Waals surface area contributed by atoms with Gasteiger partial charge in [-0.05, 0) is 29.5 Å². The van der Waals surface area contributed by atoms with E-state index >= 15 is 0 Å². The second kappa shape index (κ2) is 8.28. The number of rotatable bonds is 7. The Morgan fingerprint density at radius 2 is 1.87 bits per heavy atom. The number of thioether (sulfide) groups is 1. The molecule has 23 heavy (non-hydrogen) atoms. The Labute approximate surface area is 138 Å². The van der Waals surface area contributed by atoms with Gasteiger partial charge in [-0.1, -0.05) is 29.5 Å². The lowest BCUT2D eigenvalue weighted by molar-refractivity contribution is -0.118. The smallest absolute Gasteiger partial charge is 0.251 e. The van der Waals surface area contributed by atoms with Crippen molar-refractivity contribution >= 4 is 23.6 Å². The summed E-state index contributed by atoms with van der Waals surface area (Å²) in [5, 5.41) is 17.0. The van der Waals surface area contributed by atoms with Crippen LogP contribution in [-0.4, -0.2) is 50.9 Å². The lowest BCUT2D eigenvalue weighted by Crippen LogP contribution is -2.35. The normalized spacial score (nSPS) is 10.3. The summed E-state index contributed by atoms with van der Waals surface area (Å²) in [5.41, 5.74) is 1.71. The van der Waals surface area contributed by atoms with E-state index in [0.29, 0.717) is 23.8 Å². The lowest BCUT2D eigenvalue weighted by atomic mass is 10.1. The first-order valence-corrected chi connectivity index (χ1v) is 8.01. The minimum atomic E-state index is -0.154. The Kier molecular flexibility index (Phi) is 6.10. The topological polar surface area (TPSA) is 102 Å². The molecule has 122 valence electrons. The van der Waals surface area contributed by atoms with Gasteiger partial charge in [0.1, 0.15) is 0 Å². The highest BCUT2D eigenvalue weighted by Gasteiger charge is 2.08. The van der Waals surface area contributed by atoms with Crippen LogP contribution in [-0.2, 0) is 11.8 Å². The summed E-state index contributed by atoms with van der Waals surface area (Å²) in [6.45, 7) is 2.70. The molecule has 0 saturated carbocycles. The van der Waals surface area contributed by atoms with E-state index in [2.05, 4.69) is 26.2 Å². The van der Waals surface area contributed by atoms with Crippen molar-refractivity contribution < 1.29 is 9.59 Å². The van der Waals surface area contributed by atoms with Gasteiger partial charge in [0.2, 0.25) is 11.1 Å². The van der Waals surface area contributed by atoms with Gasteiger partial charge >= 0.3 is 0 Å². The molecule has 0 spiro atoms. The molecule has 2 N–H and O–H groups in total. The molecule has 2 rings (SSSR count). The van der Waals surface area contributed by atoms with Crippen LogP contribution in [0.3, 0.4) is 0 Å². The van der Waals surface area contributed by atoms with Gasteiger partial charge in [0.25, 0.3) is 5.91 Å². The highest BCUT2D eigenvalue weighted by atomic mass is 32.2. The van der Waals surface area contributed by atoms with E-state index in [1.807, 2.05) is 19.1 Å². The number of hydrogen-bond donors (Lipinski definition) is 2. The average molecular weight is 334 g/mol. The van der Waals surface area contributed by atoms with Gasteiger partial charge in [0.05, 0.1) is 5.75 Å². The largest absolute Gasteiger partial charge is 0.354 e. The maximum absolute atomic E-state index is 11.9. The van der Waals surface area contributed by atoms with E-state index in [1.165, 1.54) is 16.4 Å². The Hall–Kier alpha value is -2.42. The number of tetrazole rings is 1. The molecular formula is C14H18N6O2S. The predicted molar refractivity (Wildman–Crippen MR) is 86.0 cm³/mol. The molecule has 2 amide bonds. The molecule has 0 fully saturated rings. The summed E-state index contributed by atoms with van der Waals surface area (Å²) >= 11 is 1.25. The van der Waals surface area contributed by atoms with E-state index < -0.39 is 0 Å². The summed E-state index contributed by atoms with van der Waals surface area (Å²) in [5.74, 6) is -0.0681. The van der Waals surface area contributed by atoms with Crippen LogP contribution in [0.4, 0.5) is 0 Å². The van der Waals surface area contributed by atoms with E-state index in [1.54, 1.807) is 19.2 Å². The van der Waals surface area contributed by atoms with Crippen molar-refractivity contribution in [1.29, 1.82) is 0 Å². The molecule has 0 bridgehead atoms. The number of hydrogen-bond acceptors (Lipinski definition) is 6. The number of benzene rings is 1. The first kappa shape index (κ1) is 16.9. The van der Waals surface area contributed by atoms with Gasteiger partial charge in [-0.25, -0.2) is 4.68 Å². The van der Waals surface area contributed by atoms with Gasteiger partial charge in [-0.2, -0.15) is 0 Å². The van der Waals surface area contributed by atoms with Crippen LogP contribution in [0.2, 0.25) is 0 Å². The van der Waals surface area contributed by atoms with Gasteiger partial charge in [-0.15, -0.1) is 5.10 Å². The molecule has 0 aliphatic carbocycles. The fourth-order valence-corrected chi connectivity index (χ4v) is 2.39. The maximum atomic E-state index is 11.9. The molecule has 1 heterocycles. The summed E-state index contributed by atoms with van der Waals surface area (Å²) < 4.78 is 1.50. The van der Waals surface area contributed by atoms with Crippen molar-refractivity contribution in [3.8, 4) is 0 Å². The standard InChI is InChI=1S/C14H18N6O2S/c1-10-3-5-11(6-4-10)13(22)16-8-7-15-12(21)9-23-14-17-18-19-20(14)2/h3-6H,7-9H2,1-2H3,(H,15,21)(H,16,22). The number of amides is 2. The molecule has 0 atom stereocenters. The molecular weight excluding hydrogens is 316 g/mol. The van der Waals surface area contributed by atoms with E-state index in [9.17, 15) is 9.59 Å². The number of nitrogens with one attached hydrogen (secondary N) is 2. The second-order valence-electron chi connectivity index (χ2n) is 4.85. The van der Waals surface area contributed by atoms with Gasteiger partial charge in [0, 0.05) is 25.7 Å². The van der Waals surface area contributed by atoms with Crippen molar-refractivity contribution in [2.75, 3.05) is 18.8 Å². The predicted octanol–water partition coefficient (Wildman–Crippen LogP) is 0.157. The number of aromatic nitrogens is 4. The fraction of sp³-hybridized carbons (Fsp3) is 0.357. The van der Waals surface area contributed by atoms with Crippen LogP contribution in [0, 0.1) is 6.92 Å². The Morgan fingerprint density at radius 3 is 2.52 bits per heavy atom. The van der Waals surface area contributed by atoms with Crippen molar-refractivity contribution in [1.82, 2.24) is 30.8 Å². The minimum absolute atomic E-state index is 0.136. The maximum Gasteiger partial charge on any atom is 0.251 e. The average Bonchev–Trinajstić information content (AvgIpc) is 2.95. The second-order valence-corrected chi connectivity index (χ2v) is 5.79. The Bertz CT molecular complexity index is 670. The zero-order valence-electron chi connectivity index (χ0n) is 12.9. The highest BCUT2D eigenvalue weighted by Crippen LogP contribution is 2.11. The third-order valence-electron chi connectivity index (χ3n) is 2.96. The third-order valence-corrected chi connectivity index (χ3v) is 3.97. The summed E-state index contributed by atoms with van der Waals surface area (Å²) in [4.78, 5) is 23.5. The fourth-order valence-electron chi connectivity index (χ4n) is 1.71. The van der Waals surface area contributed by atoms with Crippen LogP contribution in [0.5, 0.6) is 0 Å². The summed E-state index contributed by atoms with van der Waals surface area (Å²) in [6, 6.07) is 7.31. The summed E-state index contributed by atoms with van der Waals surface area (Å²) in [6.07, 6.45) is 0. The Morgan fingerprint density at radius 1 is 1.17 bits per heavy atom. The van der Waals surface area contributed by atoms with E-state index in [-0.39, 0.29) is 17.6 Å². The Balaban J connectivity index is 1.63. The molecule has 0 radical (unpaired) electrons. The van der Waals surface area contributed by atoms with Crippen LogP contribution in [0.1, 0.15) is 15.9 Å². The molecule has 0 saturated heterocycles. The molecule has 2 aromatic rings. The first-order valence-electron chi connectivity index (χ1n) is 7.03. The molecule has 9 heteroatoms. The van der Waals surface area contributed by atoms with Crippen LogP contribution in [0.15, 0.2) is 29.4 Å². The first-order chi connectivity index (χ1) is 11.1. The van der Waals surface area contributed by atoms with Crippen LogP contribution < -0.4 is 10.6 Å².